The van der Waals surface area contributed by atoms with Gasteiger partial charge in [0.1, 0.15) is 0 Å². The predicted octanol–water partition coefficient (Wildman–Crippen LogP) is 5.78. The van der Waals surface area contributed by atoms with Gasteiger partial charge in [0, 0.05) is 34.9 Å². The molecular formula is C28H27N3O3S. The van der Waals surface area contributed by atoms with Crippen LogP contribution in [0, 0.1) is 6.92 Å². The van der Waals surface area contributed by atoms with E-state index in [0.29, 0.717) is 29.9 Å². The zero-order valence-corrected chi connectivity index (χ0v) is 20.4. The van der Waals surface area contributed by atoms with Gasteiger partial charge >= 0.3 is 0 Å². The molecule has 7 heteroatoms. The molecule has 1 aliphatic rings. The Labute approximate surface area is 205 Å². The van der Waals surface area contributed by atoms with Crippen LogP contribution in [0.3, 0.4) is 0 Å². The van der Waals surface area contributed by atoms with Gasteiger partial charge in [-0.15, -0.1) is 0 Å². The van der Waals surface area contributed by atoms with Crippen LogP contribution in [0.5, 0.6) is 0 Å². The zero-order valence-electron chi connectivity index (χ0n) is 19.6. The maximum Gasteiger partial charge on any atom is 0.255 e. The molecule has 0 aliphatic carbocycles. The quantitative estimate of drug-likeness (QED) is 0.397. The third kappa shape index (κ3) is 4.77. The highest BCUT2D eigenvalue weighted by Crippen LogP contribution is 2.31. The van der Waals surface area contributed by atoms with Crippen LogP contribution in [0.2, 0.25) is 0 Å². The topological polar surface area (TPSA) is 79.4 Å². The number of fused-ring (bicyclic) bond motifs is 1. The van der Waals surface area contributed by atoms with Crippen molar-refractivity contribution in [1.29, 1.82) is 0 Å². The standard InChI is InChI=1S/C28H27N3O3S/c1-20-9-12-23(19-26(20)27-25-8-4-3-7-21(25)15-16-29-27)30-28(32)22-10-13-24(14-11-22)31-17-5-2-6-18-35(31,33)34/h3-4,7-16,19H,2,5-6,17-18H2,1H3,(H,30,32). The molecule has 35 heavy (non-hydrogen) atoms. The molecule has 0 saturated carbocycles. The number of aromatic nitrogens is 1. The summed E-state index contributed by atoms with van der Waals surface area (Å²) in [5.74, 6) is -0.0905. The van der Waals surface area contributed by atoms with Gasteiger partial charge in [-0.3, -0.25) is 14.1 Å². The monoisotopic (exact) mass is 485 g/mol. The second kappa shape index (κ2) is 9.50. The second-order valence-electron chi connectivity index (χ2n) is 8.86. The maximum atomic E-state index is 13.0. The number of hydrogen-bond donors (Lipinski definition) is 1. The average Bonchev–Trinajstić information content (AvgIpc) is 3.05. The summed E-state index contributed by atoms with van der Waals surface area (Å²) in [5.41, 5.74) is 4.63. The first-order chi connectivity index (χ1) is 16.9. The number of benzene rings is 3. The van der Waals surface area contributed by atoms with Crippen molar-refractivity contribution in [2.75, 3.05) is 21.9 Å². The molecule has 4 aromatic rings. The van der Waals surface area contributed by atoms with Gasteiger partial charge in [0.2, 0.25) is 10.0 Å². The molecule has 2 heterocycles. The van der Waals surface area contributed by atoms with Crippen molar-refractivity contribution in [1.82, 2.24) is 4.98 Å². The van der Waals surface area contributed by atoms with Crippen LogP contribution in [-0.4, -0.2) is 31.6 Å². The molecule has 1 saturated heterocycles. The summed E-state index contributed by atoms with van der Waals surface area (Å²) in [6.45, 7) is 2.50. The lowest BCUT2D eigenvalue weighted by Crippen LogP contribution is -2.32. The molecular weight excluding hydrogens is 458 g/mol. The van der Waals surface area contributed by atoms with E-state index in [1.165, 1.54) is 4.31 Å². The van der Waals surface area contributed by atoms with Crippen molar-refractivity contribution >= 4 is 38.1 Å². The number of nitrogens with one attached hydrogen (secondary N) is 1. The number of carbonyl (C=O) groups excluding carboxylic acids is 1. The lowest BCUT2D eigenvalue weighted by molar-refractivity contribution is 0.102. The molecule has 1 amide bonds. The van der Waals surface area contributed by atoms with E-state index in [1.54, 1.807) is 30.5 Å². The molecule has 0 spiro atoms. The Kier molecular flexibility index (Phi) is 6.26. The van der Waals surface area contributed by atoms with Crippen molar-refractivity contribution in [3.8, 4) is 11.3 Å². The van der Waals surface area contributed by atoms with E-state index in [-0.39, 0.29) is 11.7 Å². The molecule has 1 aromatic heterocycles. The van der Waals surface area contributed by atoms with Crippen molar-refractivity contribution in [3.63, 3.8) is 0 Å². The zero-order chi connectivity index (χ0) is 24.4. The Balaban J connectivity index is 1.39. The van der Waals surface area contributed by atoms with Gasteiger partial charge in [-0.2, -0.15) is 0 Å². The highest BCUT2D eigenvalue weighted by molar-refractivity contribution is 7.92. The first-order valence-electron chi connectivity index (χ1n) is 11.8. The van der Waals surface area contributed by atoms with Crippen LogP contribution in [0.25, 0.3) is 22.0 Å². The lowest BCUT2D eigenvalue weighted by atomic mass is 9.99. The Hall–Kier alpha value is -3.71. The van der Waals surface area contributed by atoms with Crippen molar-refractivity contribution in [3.05, 3.63) is 90.1 Å². The van der Waals surface area contributed by atoms with E-state index in [4.69, 9.17) is 0 Å². The van der Waals surface area contributed by atoms with Gasteiger partial charge in [-0.25, -0.2) is 8.42 Å². The number of sulfonamides is 1. The minimum absolute atomic E-state index is 0.163. The number of anilines is 2. The summed E-state index contributed by atoms with van der Waals surface area (Å²) >= 11 is 0. The molecule has 6 nitrogen and oxygen atoms in total. The number of amides is 1. The molecule has 1 N–H and O–H groups in total. The fraction of sp³-hybridized carbons (Fsp3) is 0.214. The van der Waals surface area contributed by atoms with Gasteiger partial charge in [-0.1, -0.05) is 36.8 Å². The van der Waals surface area contributed by atoms with Crippen molar-refractivity contribution in [2.45, 2.75) is 26.2 Å². The van der Waals surface area contributed by atoms with E-state index in [2.05, 4.69) is 22.4 Å². The molecule has 3 aromatic carbocycles. The number of pyridine rings is 1. The van der Waals surface area contributed by atoms with Crippen LogP contribution in [0.15, 0.2) is 79.0 Å². The molecule has 178 valence electrons. The predicted molar refractivity (Wildman–Crippen MR) is 141 cm³/mol. The maximum absolute atomic E-state index is 13.0. The van der Waals surface area contributed by atoms with Crippen LogP contribution >= 0.6 is 0 Å². The third-order valence-corrected chi connectivity index (χ3v) is 8.31. The number of aryl methyl sites for hydroxylation is 1. The Bertz CT molecular complexity index is 1490. The number of nitrogens with zero attached hydrogens (tertiary/aromatic N) is 2. The van der Waals surface area contributed by atoms with Gasteiger partial charge in [0.05, 0.1) is 17.1 Å². The number of hydrogen-bond acceptors (Lipinski definition) is 4. The SMILES string of the molecule is Cc1ccc(NC(=O)c2ccc(N3CCCCCS3(=O)=O)cc2)cc1-c1nccc2ccccc12. The van der Waals surface area contributed by atoms with E-state index in [9.17, 15) is 13.2 Å². The molecule has 1 aliphatic heterocycles. The Morgan fingerprint density at radius 3 is 2.57 bits per heavy atom. The Morgan fingerprint density at radius 2 is 1.74 bits per heavy atom. The van der Waals surface area contributed by atoms with Crippen molar-refractivity contribution in [2.24, 2.45) is 0 Å². The minimum atomic E-state index is -3.32. The number of carbonyl (C=O) groups is 1. The van der Waals surface area contributed by atoms with E-state index >= 15 is 0 Å². The third-order valence-electron chi connectivity index (χ3n) is 6.44. The molecule has 0 radical (unpaired) electrons. The molecule has 0 atom stereocenters. The van der Waals surface area contributed by atoms with Crippen LogP contribution < -0.4 is 9.62 Å². The smallest absolute Gasteiger partial charge is 0.255 e. The highest BCUT2D eigenvalue weighted by atomic mass is 32.2. The fourth-order valence-electron chi connectivity index (χ4n) is 4.53. The van der Waals surface area contributed by atoms with E-state index in [0.717, 1.165) is 40.4 Å². The van der Waals surface area contributed by atoms with Crippen molar-refractivity contribution < 1.29 is 13.2 Å². The van der Waals surface area contributed by atoms with Crippen LogP contribution in [0.1, 0.15) is 35.2 Å². The molecule has 0 unspecified atom stereocenters. The molecule has 1 fully saturated rings. The first kappa shape index (κ1) is 23.1. The minimum Gasteiger partial charge on any atom is -0.322 e. The van der Waals surface area contributed by atoms with E-state index < -0.39 is 10.0 Å². The van der Waals surface area contributed by atoms with Gasteiger partial charge < -0.3 is 5.32 Å². The van der Waals surface area contributed by atoms with E-state index in [1.807, 2.05) is 43.3 Å². The summed E-state index contributed by atoms with van der Waals surface area (Å²) in [5, 5.41) is 5.14. The highest BCUT2D eigenvalue weighted by Gasteiger charge is 2.24. The fourth-order valence-corrected chi connectivity index (χ4v) is 6.17. The number of rotatable bonds is 4. The summed E-state index contributed by atoms with van der Waals surface area (Å²) in [6.07, 6.45) is 4.23. The normalized spacial score (nSPS) is 15.5. The second-order valence-corrected chi connectivity index (χ2v) is 10.9. The lowest BCUT2D eigenvalue weighted by Gasteiger charge is -2.22. The van der Waals surface area contributed by atoms with Gasteiger partial charge in [-0.05, 0) is 73.2 Å². The summed E-state index contributed by atoms with van der Waals surface area (Å²) in [7, 11) is -3.32. The van der Waals surface area contributed by atoms with Crippen LogP contribution in [0.4, 0.5) is 11.4 Å². The van der Waals surface area contributed by atoms with Gasteiger partial charge in [0.25, 0.3) is 5.91 Å². The largest absolute Gasteiger partial charge is 0.322 e. The molecule has 0 bridgehead atoms. The first-order valence-corrected chi connectivity index (χ1v) is 13.4. The average molecular weight is 486 g/mol. The summed E-state index contributed by atoms with van der Waals surface area (Å²) < 4.78 is 26.6. The Morgan fingerprint density at radius 1 is 0.943 bits per heavy atom. The summed E-state index contributed by atoms with van der Waals surface area (Å²) in [6, 6.07) is 22.6. The summed E-state index contributed by atoms with van der Waals surface area (Å²) in [4.78, 5) is 17.6. The van der Waals surface area contributed by atoms with Crippen LogP contribution in [-0.2, 0) is 10.0 Å². The molecule has 5 rings (SSSR count). The van der Waals surface area contributed by atoms with Gasteiger partial charge in [0.15, 0.2) is 0 Å².